The van der Waals surface area contributed by atoms with Crippen LogP contribution in [0.15, 0.2) is 18.2 Å². The molecule has 0 aliphatic carbocycles. The van der Waals surface area contributed by atoms with E-state index < -0.39 is 17.3 Å². The number of halogens is 4. The van der Waals surface area contributed by atoms with Crippen molar-refractivity contribution >= 4 is 12.4 Å². The average molecular weight is 252 g/mol. The molecule has 1 saturated heterocycles. The van der Waals surface area contributed by atoms with Crippen molar-refractivity contribution in [2.75, 3.05) is 13.1 Å². The molecule has 0 atom stereocenters. The number of hydrogen-bond donors (Lipinski definition) is 1. The van der Waals surface area contributed by atoms with Gasteiger partial charge < -0.3 is 5.32 Å². The van der Waals surface area contributed by atoms with E-state index in [2.05, 4.69) is 5.32 Å². The fourth-order valence-electron chi connectivity index (χ4n) is 1.92. The Morgan fingerprint density at radius 3 is 2.00 bits per heavy atom. The second kappa shape index (κ2) is 5.06. The van der Waals surface area contributed by atoms with Crippen LogP contribution >= 0.6 is 12.4 Å². The Kier molecular flexibility index (Phi) is 4.21. The van der Waals surface area contributed by atoms with Gasteiger partial charge in [0.1, 0.15) is 17.3 Å². The van der Waals surface area contributed by atoms with Crippen molar-refractivity contribution < 1.29 is 13.2 Å². The van der Waals surface area contributed by atoms with Crippen LogP contribution in [0, 0.1) is 11.6 Å². The van der Waals surface area contributed by atoms with Crippen LogP contribution in [0.25, 0.3) is 0 Å². The highest BCUT2D eigenvalue weighted by molar-refractivity contribution is 5.85. The zero-order chi connectivity index (χ0) is 10.9. The number of hydrogen-bond acceptors (Lipinski definition) is 1. The molecule has 1 N–H and O–H groups in total. The largest absolute Gasteiger partial charge is 0.316 e. The summed E-state index contributed by atoms with van der Waals surface area (Å²) in [6.45, 7) is 1.07. The van der Waals surface area contributed by atoms with Crippen molar-refractivity contribution in [3.8, 4) is 0 Å². The molecule has 1 aliphatic rings. The zero-order valence-electron chi connectivity index (χ0n) is 8.60. The van der Waals surface area contributed by atoms with Crippen molar-refractivity contribution in [3.63, 3.8) is 0 Å². The van der Waals surface area contributed by atoms with E-state index >= 15 is 0 Å². The monoisotopic (exact) mass is 251 g/mol. The van der Waals surface area contributed by atoms with Gasteiger partial charge in [0.15, 0.2) is 0 Å². The van der Waals surface area contributed by atoms with E-state index in [1.54, 1.807) is 0 Å². The molecule has 0 spiro atoms. The van der Waals surface area contributed by atoms with E-state index in [0.29, 0.717) is 13.1 Å². The van der Waals surface area contributed by atoms with Gasteiger partial charge in [-0.05, 0) is 43.6 Å². The fourth-order valence-corrected chi connectivity index (χ4v) is 1.92. The van der Waals surface area contributed by atoms with Crippen molar-refractivity contribution in [1.82, 2.24) is 5.32 Å². The van der Waals surface area contributed by atoms with Crippen molar-refractivity contribution in [2.45, 2.75) is 18.5 Å². The first kappa shape index (κ1) is 13.3. The normalized spacial score (nSPS) is 18.9. The number of benzene rings is 1. The van der Waals surface area contributed by atoms with Gasteiger partial charge in [-0.25, -0.2) is 13.2 Å². The predicted octanol–water partition coefficient (Wildman–Crippen LogP) is 2.93. The summed E-state index contributed by atoms with van der Waals surface area (Å²) >= 11 is 0. The Morgan fingerprint density at radius 1 is 1.00 bits per heavy atom. The molecule has 0 unspecified atom stereocenters. The fraction of sp³-hybridized carbons (Fsp3) is 0.455. The first-order valence-corrected chi connectivity index (χ1v) is 4.96. The summed E-state index contributed by atoms with van der Waals surface area (Å²) in [5.41, 5.74) is -1.48. The average Bonchev–Trinajstić information content (AvgIpc) is 2.17. The van der Waals surface area contributed by atoms with Gasteiger partial charge in [0.2, 0.25) is 0 Å². The number of piperidine rings is 1. The molecule has 0 bridgehead atoms. The summed E-state index contributed by atoms with van der Waals surface area (Å²) in [5.74, 6) is -1.44. The van der Waals surface area contributed by atoms with Crippen molar-refractivity contribution in [1.29, 1.82) is 0 Å². The number of nitrogens with one attached hydrogen (secondary N) is 1. The molecule has 1 fully saturated rings. The number of alkyl halides is 1. The van der Waals surface area contributed by atoms with Crippen LogP contribution in [-0.2, 0) is 5.67 Å². The molecule has 0 saturated carbocycles. The van der Waals surface area contributed by atoms with Gasteiger partial charge in [-0.1, -0.05) is 0 Å². The highest BCUT2D eigenvalue weighted by atomic mass is 35.5. The van der Waals surface area contributed by atoms with Crippen LogP contribution in [0.4, 0.5) is 13.2 Å². The van der Waals surface area contributed by atoms with E-state index in [0.717, 1.165) is 18.2 Å². The maximum Gasteiger partial charge on any atom is 0.138 e. The lowest BCUT2D eigenvalue weighted by Gasteiger charge is -2.30. The lowest BCUT2D eigenvalue weighted by atomic mass is 9.87. The molecule has 1 nitrogen and oxygen atoms in total. The van der Waals surface area contributed by atoms with E-state index in [1.165, 1.54) is 0 Å². The molecule has 1 heterocycles. The Morgan fingerprint density at radius 2 is 1.50 bits per heavy atom. The molecule has 5 heteroatoms. The summed E-state index contributed by atoms with van der Waals surface area (Å²) in [6, 6.07) is 2.91. The molecule has 0 radical (unpaired) electrons. The molecular formula is C11H13ClF3N. The van der Waals surface area contributed by atoms with Gasteiger partial charge in [0.05, 0.1) is 0 Å². The van der Waals surface area contributed by atoms with Crippen LogP contribution in [0.2, 0.25) is 0 Å². The molecule has 1 aliphatic heterocycles. The lowest BCUT2D eigenvalue weighted by Crippen LogP contribution is -2.36. The lowest BCUT2D eigenvalue weighted by molar-refractivity contribution is 0.114. The van der Waals surface area contributed by atoms with Crippen LogP contribution in [0.1, 0.15) is 18.4 Å². The van der Waals surface area contributed by atoms with E-state index in [1.807, 2.05) is 0 Å². The predicted molar refractivity (Wildman–Crippen MR) is 58.5 cm³/mol. The Labute approximate surface area is 98.4 Å². The molecule has 2 rings (SSSR count). The van der Waals surface area contributed by atoms with Gasteiger partial charge in [-0.15, -0.1) is 12.4 Å². The van der Waals surface area contributed by atoms with Crippen LogP contribution in [-0.4, -0.2) is 13.1 Å². The summed E-state index contributed by atoms with van der Waals surface area (Å²) in [6.07, 6.45) is 0.520. The molecular weight excluding hydrogens is 239 g/mol. The summed E-state index contributed by atoms with van der Waals surface area (Å²) in [4.78, 5) is 0. The van der Waals surface area contributed by atoms with Crippen LogP contribution in [0.3, 0.4) is 0 Å². The van der Waals surface area contributed by atoms with Crippen molar-refractivity contribution in [3.05, 3.63) is 35.4 Å². The minimum Gasteiger partial charge on any atom is -0.316 e. The van der Waals surface area contributed by atoms with E-state index in [4.69, 9.17) is 0 Å². The third-order valence-electron chi connectivity index (χ3n) is 2.78. The van der Waals surface area contributed by atoms with E-state index in [9.17, 15) is 13.2 Å². The molecule has 1 aromatic rings. The Hall–Kier alpha value is -0.740. The SMILES string of the molecule is Cl.Fc1cc(F)cc(C2(F)CCNCC2)c1. The molecule has 0 aromatic heterocycles. The Balaban J connectivity index is 0.00000128. The minimum absolute atomic E-state index is 0. The highest BCUT2D eigenvalue weighted by Gasteiger charge is 2.34. The topological polar surface area (TPSA) is 12.0 Å². The van der Waals surface area contributed by atoms with E-state index in [-0.39, 0.29) is 30.8 Å². The summed E-state index contributed by atoms with van der Waals surface area (Å²) < 4.78 is 40.2. The first-order chi connectivity index (χ1) is 7.10. The minimum atomic E-state index is -1.59. The molecule has 90 valence electrons. The second-order valence-corrected chi connectivity index (χ2v) is 3.87. The smallest absolute Gasteiger partial charge is 0.138 e. The van der Waals surface area contributed by atoms with Gasteiger partial charge in [-0.3, -0.25) is 0 Å². The molecule has 1 aromatic carbocycles. The number of rotatable bonds is 1. The van der Waals surface area contributed by atoms with Gasteiger partial charge >= 0.3 is 0 Å². The van der Waals surface area contributed by atoms with Gasteiger partial charge in [0.25, 0.3) is 0 Å². The third kappa shape index (κ3) is 2.68. The van der Waals surface area contributed by atoms with Crippen molar-refractivity contribution in [2.24, 2.45) is 0 Å². The van der Waals surface area contributed by atoms with Gasteiger partial charge in [0, 0.05) is 6.07 Å². The first-order valence-electron chi connectivity index (χ1n) is 4.96. The third-order valence-corrected chi connectivity index (χ3v) is 2.78. The molecule has 16 heavy (non-hydrogen) atoms. The molecule has 0 amide bonds. The summed E-state index contributed by atoms with van der Waals surface area (Å²) in [5, 5.41) is 3.01. The quantitative estimate of drug-likeness (QED) is 0.809. The second-order valence-electron chi connectivity index (χ2n) is 3.87. The van der Waals surface area contributed by atoms with Crippen LogP contribution in [0.5, 0.6) is 0 Å². The maximum atomic E-state index is 14.3. The zero-order valence-corrected chi connectivity index (χ0v) is 9.42. The van der Waals surface area contributed by atoms with Crippen LogP contribution < -0.4 is 5.32 Å². The maximum absolute atomic E-state index is 14.3. The summed E-state index contributed by atoms with van der Waals surface area (Å²) in [7, 11) is 0. The Bertz CT molecular complexity index is 344. The highest BCUT2D eigenvalue weighted by Crippen LogP contribution is 2.35. The standard InChI is InChI=1S/C11H12F3N.ClH/c12-9-5-8(6-10(13)7-9)11(14)1-3-15-4-2-11;/h5-7,15H,1-4H2;1H. The van der Waals surface area contributed by atoms with Gasteiger partial charge in [-0.2, -0.15) is 0 Å².